The van der Waals surface area contributed by atoms with Crippen molar-refractivity contribution in [3.05, 3.63) is 41.7 Å². The van der Waals surface area contributed by atoms with Crippen molar-refractivity contribution < 1.29 is 0 Å². The Hall–Kier alpha value is -1.75. The van der Waals surface area contributed by atoms with Gasteiger partial charge in [-0.25, -0.2) is 0 Å². The first-order valence-corrected chi connectivity index (χ1v) is 7.26. The lowest BCUT2D eigenvalue weighted by atomic mass is 10.1. The molecule has 5 nitrogen and oxygen atoms in total. The van der Waals surface area contributed by atoms with Gasteiger partial charge in [-0.1, -0.05) is 6.92 Å². The Bertz CT molecular complexity index is 517. The van der Waals surface area contributed by atoms with E-state index in [1.54, 1.807) is 0 Å². The number of rotatable bonds is 7. The van der Waals surface area contributed by atoms with Crippen LogP contribution in [-0.4, -0.2) is 26.3 Å². The minimum Gasteiger partial charge on any atom is -0.308 e. The van der Waals surface area contributed by atoms with E-state index in [-0.39, 0.29) is 6.04 Å². The third kappa shape index (κ3) is 3.87. The highest BCUT2D eigenvalue weighted by atomic mass is 15.3. The SMILES string of the molecule is CCCNC(Cc1cnn(CC)c1)c1cnc(C)cn1. The zero-order valence-electron chi connectivity index (χ0n) is 12.5. The van der Waals surface area contributed by atoms with Crippen LogP contribution < -0.4 is 5.32 Å². The molecule has 2 heterocycles. The Kier molecular flexibility index (Phi) is 5.24. The number of nitrogens with zero attached hydrogens (tertiary/aromatic N) is 4. The van der Waals surface area contributed by atoms with Crippen molar-refractivity contribution in [3.63, 3.8) is 0 Å². The molecule has 0 amide bonds. The van der Waals surface area contributed by atoms with E-state index in [2.05, 4.69) is 40.4 Å². The molecule has 0 aromatic carbocycles. The molecule has 0 spiro atoms. The molecule has 0 aliphatic rings. The fourth-order valence-corrected chi connectivity index (χ4v) is 2.10. The standard InChI is InChI=1S/C15H23N5/c1-4-6-16-14(15-10-17-12(3)8-18-15)7-13-9-19-20(5-2)11-13/h8-11,14,16H,4-7H2,1-3H3. The molecule has 0 fully saturated rings. The lowest BCUT2D eigenvalue weighted by Crippen LogP contribution is -2.25. The van der Waals surface area contributed by atoms with Crippen molar-refractivity contribution >= 4 is 0 Å². The van der Waals surface area contributed by atoms with E-state index >= 15 is 0 Å². The lowest BCUT2D eigenvalue weighted by molar-refractivity contribution is 0.515. The highest BCUT2D eigenvalue weighted by molar-refractivity contribution is 5.13. The fraction of sp³-hybridized carbons (Fsp3) is 0.533. The predicted molar refractivity (Wildman–Crippen MR) is 79.4 cm³/mol. The fourth-order valence-electron chi connectivity index (χ4n) is 2.10. The molecular weight excluding hydrogens is 250 g/mol. The van der Waals surface area contributed by atoms with Gasteiger partial charge in [0.15, 0.2) is 0 Å². The third-order valence-corrected chi connectivity index (χ3v) is 3.25. The van der Waals surface area contributed by atoms with Gasteiger partial charge in [0.05, 0.1) is 29.8 Å². The third-order valence-electron chi connectivity index (χ3n) is 3.25. The smallest absolute Gasteiger partial charge is 0.0759 e. The maximum atomic E-state index is 4.50. The number of hydrogen-bond acceptors (Lipinski definition) is 4. The van der Waals surface area contributed by atoms with Gasteiger partial charge in [0.1, 0.15) is 0 Å². The minimum atomic E-state index is 0.192. The van der Waals surface area contributed by atoms with Gasteiger partial charge in [0.2, 0.25) is 0 Å². The summed E-state index contributed by atoms with van der Waals surface area (Å²) in [4.78, 5) is 8.85. The van der Waals surface area contributed by atoms with Crippen LogP contribution in [0.2, 0.25) is 0 Å². The highest BCUT2D eigenvalue weighted by Gasteiger charge is 2.14. The van der Waals surface area contributed by atoms with E-state index < -0.39 is 0 Å². The molecule has 108 valence electrons. The zero-order valence-corrected chi connectivity index (χ0v) is 12.5. The van der Waals surface area contributed by atoms with Gasteiger partial charge in [0.25, 0.3) is 0 Å². The first-order valence-electron chi connectivity index (χ1n) is 7.26. The van der Waals surface area contributed by atoms with Crippen molar-refractivity contribution in [2.45, 2.75) is 46.2 Å². The van der Waals surface area contributed by atoms with Gasteiger partial charge in [0, 0.05) is 18.9 Å². The van der Waals surface area contributed by atoms with E-state index in [1.807, 2.05) is 30.2 Å². The molecule has 0 radical (unpaired) electrons. The monoisotopic (exact) mass is 273 g/mol. The summed E-state index contributed by atoms with van der Waals surface area (Å²) in [7, 11) is 0. The largest absolute Gasteiger partial charge is 0.308 e. The Morgan fingerprint density at radius 3 is 2.65 bits per heavy atom. The molecule has 1 atom stereocenters. The van der Waals surface area contributed by atoms with E-state index in [1.165, 1.54) is 5.56 Å². The van der Waals surface area contributed by atoms with E-state index in [0.717, 1.165) is 37.3 Å². The van der Waals surface area contributed by atoms with E-state index in [4.69, 9.17) is 0 Å². The lowest BCUT2D eigenvalue weighted by Gasteiger charge is -2.17. The average Bonchev–Trinajstić information content (AvgIpc) is 2.92. The minimum absolute atomic E-state index is 0.192. The molecule has 0 saturated heterocycles. The van der Waals surface area contributed by atoms with Crippen LogP contribution in [-0.2, 0) is 13.0 Å². The zero-order chi connectivity index (χ0) is 14.4. The van der Waals surface area contributed by atoms with Crippen molar-refractivity contribution in [1.29, 1.82) is 0 Å². The summed E-state index contributed by atoms with van der Waals surface area (Å²) in [5, 5.41) is 7.87. The summed E-state index contributed by atoms with van der Waals surface area (Å²) in [6.07, 6.45) is 9.72. The molecule has 0 saturated carbocycles. The van der Waals surface area contributed by atoms with Crippen LogP contribution in [0.5, 0.6) is 0 Å². The quantitative estimate of drug-likeness (QED) is 0.841. The molecule has 0 aliphatic carbocycles. The predicted octanol–water partition coefficient (Wildman–Crippen LogP) is 2.28. The second-order valence-corrected chi connectivity index (χ2v) is 5.00. The molecule has 1 N–H and O–H groups in total. The first-order chi connectivity index (χ1) is 9.72. The van der Waals surface area contributed by atoms with Crippen LogP contribution in [0.1, 0.15) is 43.3 Å². The second-order valence-electron chi connectivity index (χ2n) is 5.00. The van der Waals surface area contributed by atoms with Crippen LogP contribution in [0.4, 0.5) is 0 Å². The van der Waals surface area contributed by atoms with Gasteiger partial charge in [-0.3, -0.25) is 14.6 Å². The molecule has 1 unspecified atom stereocenters. The van der Waals surface area contributed by atoms with E-state index in [9.17, 15) is 0 Å². The molecule has 2 aromatic rings. The Balaban J connectivity index is 2.12. The number of nitrogens with one attached hydrogen (secondary N) is 1. The van der Waals surface area contributed by atoms with Crippen molar-refractivity contribution in [2.24, 2.45) is 0 Å². The Labute approximate surface area is 120 Å². The molecule has 0 bridgehead atoms. The summed E-state index contributed by atoms with van der Waals surface area (Å²) in [6, 6.07) is 0.192. The summed E-state index contributed by atoms with van der Waals surface area (Å²) in [5.41, 5.74) is 3.16. The van der Waals surface area contributed by atoms with Crippen molar-refractivity contribution in [1.82, 2.24) is 25.1 Å². The second kappa shape index (κ2) is 7.14. The summed E-state index contributed by atoms with van der Waals surface area (Å²) in [5.74, 6) is 0. The normalized spacial score (nSPS) is 12.6. The molecule has 2 rings (SSSR count). The van der Waals surface area contributed by atoms with Gasteiger partial charge >= 0.3 is 0 Å². The molecule has 0 aliphatic heterocycles. The van der Waals surface area contributed by atoms with Crippen LogP contribution in [0, 0.1) is 6.92 Å². The summed E-state index contributed by atoms with van der Waals surface area (Å²) < 4.78 is 1.95. The molecule has 5 heteroatoms. The van der Waals surface area contributed by atoms with Gasteiger partial charge in [-0.15, -0.1) is 0 Å². The van der Waals surface area contributed by atoms with Crippen LogP contribution in [0.15, 0.2) is 24.8 Å². The van der Waals surface area contributed by atoms with Crippen molar-refractivity contribution in [3.8, 4) is 0 Å². The molecule has 2 aromatic heterocycles. The maximum Gasteiger partial charge on any atom is 0.0759 e. The van der Waals surface area contributed by atoms with Crippen molar-refractivity contribution in [2.75, 3.05) is 6.54 Å². The molecule has 20 heavy (non-hydrogen) atoms. The van der Waals surface area contributed by atoms with Gasteiger partial charge in [-0.05, 0) is 38.8 Å². The van der Waals surface area contributed by atoms with Crippen LogP contribution in [0.25, 0.3) is 0 Å². The van der Waals surface area contributed by atoms with Crippen LogP contribution in [0.3, 0.4) is 0 Å². The van der Waals surface area contributed by atoms with E-state index in [0.29, 0.717) is 0 Å². The number of hydrogen-bond donors (Lipinski definition) is 1. The Morgan fingerprint density at radius 2 is 2.05 bits per heavy atom. The van der Waals surface area contributed by atoms with Crippen LogP contribution >= 0.6 is 0 Å². The topological polar surface area (TPSA) is 55.6 Å². The average molecular weight is 273 g/mol. The van der Waals surface area contributed by atoms with Gasteiger partial charge < -0.3 is 5.32 Å². The number of aromatic nitrogens is 4. The van der Waals surface area contributed by atoms with Gasteiger partial charge in [-0.2, -0.15) is 5.10 Å². The highest BCUT2D eigenvalue weighted by Crippen LogP contribution is 2.16. The summed E-state index contributed by atoms with van der Waals surface area (Å²) in [6.45, 7) is 8.09. The maximum absolute atomic E-state index is 4.50. The summed E-state index contributed by atoms with van der Waals surface area (Å²) >= 11 is 0. The first kappa shape index (κ1) is 14.7. The Morgan fingerprint density at radius 1 is 1.20 bits per heavy atom. The molecular formula is C15H23N5. The number of aryl methyl sites for hydroxylation is 2.